The summed E-state index contributed by atoms with van der Waals surface area (Å²) in [5.74, 6) is -6.97. The lowest BCUT2D eigenvalue weighted by Crippen LogP contribution is -2.15. The molecule has 4 nitrogen and oxygen atoms in total. The number of halogens is 3. The van der Waals surface area contributed by atoms with E-state index in [2.05, 4.69) is 5.32 Å². The highest BCUT2D eigenvalue weighted by atomic mass is 19.2. The Hall–Kier alpha value is -2.83. The lowest BCUT2D eigenvalue weighted by molar-refractivity contribution is 0.0695. The molecule has 0 bridgehead atoms. The molecule has 0 saturated heterocycles. The van der Waals surface area contributed by atoms with Gasteiger partial charge in [-0.25, -0.2) is 18.0 Å². The lowest BCUT2D eigenvalue weighted by atomic mass is 10.1. The summed E-state index contributed by atoms with van der Waals surface area (Å²) in [6.45, 7) is 1.57. The van der Waals surface area contributed by atoms with Gasteiger partial charge in [0.05, 0.1) is 11.1 Å². The van der Waals surface area contributed by atoms with Gasteiger partial charge < -0.3 is 10.4 Å². The number of rotatable bonds is 3. The SMILES string of the molecule is Cc1ccc(NC(=O)c2ccc(F)c(F)c2F)cc1C(=O)O. The van der Waals surface area contributed by atoms with Gasteiger partial charge in [0.1, 0.15) is 0 Å². The second-order valence-electron chi connectivity index (χ2n) is 4.51. The minimum absolute atomic E-state index is 0.0384. The molecule has 0 saturated carbocycles. The van der Waals surface area contributed by atoms with Crippen molar-refractivity contribution in [1.82, 2.24) is 0 Å². The highest BCUT2D eigenvalue weighted by Crippen LogP contribution is 2.19. The van der Waals surface area contributed by atoms with E-state index in [0.717, 1.165) is 6.07 Å². The maximum Gasteiger partial charge on any atom is 0.336 e. The molecule has 0 unspecified atom stereocenters. The van der Waals surface area contributed by atoms with Crippen LogP contribution in [0.15, 0.2) is 30.3 Å². The van der Waals surface area contributed by atoms with Crippen molar-refractivity contribution in [2.24, 2.45) is 0 Å². The number of aryl methyl sites for hydroxylation is 1. The number of carboxylic acid groups (broad SMARTS) is 1. The van der Waals surface area contributed by atoms with Gasteiger partial charge in [-0.3, -0.25) is 4.79 Å². The lowest BCUT2D eigenvalue weighted by Gasteiger charge is -2.09. The summed E-state index contributed by atoms with van der Waals surface area (Å²) in [6.07, 6.45) is 0. The second-order valence-corrected chi connectivity index (χ2v) is 4.51. The molecule has 2 aromatic carbocycles. The highest BCUT2D eigenvalue weighted by molar-refractivity contribution is 6.05. The molecule has 1 amide bonds. The molecular formula is C15H10F3NO3. The topological polar surface area (TPSA) is 66.4 Å². The van der Waals surface area contributed by atoms with E-state index in [1.807, 2.05) is 0 Å². The van der Waals surface area contributed by atoms with Crippen molar-refractivity contribution >= 4 is 17.6 Å². The highest BCUT2D eigenvalue weighted by Gasteiger charge is 2.19. The maximum atomic E-state index is 13.5. The van der Waals surface area contributed by atoms with Gasteiger partial charge in [0.15, 0.2) is 17.5 Å². The van der Waals surface area contributed by atoms with Crippen molar-refractivity contribution in [2.75, 3.05) is 5.32 Å². The van der Waals surface area contributed by atoms with E-state index in [9.17, 15) is 22.8 Å². The molecule has 114 valence electrons. The van der Waals surface area contributed by atoms with E-state index in [4.69, 9.17) is 5.11 Å². The van der Waals surface area contributed by atoms with E-state index >= 15 is 0 Å². The zero-order chi connectivity index (χ0) is 16.4. The number of aromatic carboxylic acids is 1. The normalized spacial score (nSPS) is 10.4. The second kappa shape index (κ2) is 5.88. The van der Waals surface area contributed by atoms with Gasteiger partial charge in [0.25, 0.3) is 5.91 Å². The van der Waals surface area contributed by atoms with E-state index in [-0.39, 0.29) is 11.3 Å². The van der Waals surface area contributed by atoms with Crippen molar-refractivity contribution in [3.8, 4) is 0 Å². The van der Waals surface area contributed by atoms with Crippen LogP contribution in [0.2, 0.25) is 0 Å². The van der Waals surface area contributed by atoms with E-state index in [1.54, 1.807) is 6.92 Å². The Morgan fingerprint density at radius 1 is 1.00 bits per heavy atom. The molecule has 2 aromatic rings. The smallest absolute Gasteiger partial charge is 0.336 e. The first-order valence-corrected chi connectivity index (χ1v) is 6.10. The number of carboxylic acids is 1. The van der Waals surface area contributed by atoms with Crippen molar-refractivity contribution < 1.29 is 27.9 Å². The number of hydrogen-bond acceptors (Lipinski definition) is 2. The molecule has 7 heteroatoms. The number of amides is 1. The summed E-state index contributed by atoms with van der Waals surface area (Å²) in [5, 5.41) is 11.2. The number of nitrogens with one attached hydrogen (secondary N) is 1. The number of anilines is 1. The third-order valence-corrected chi connectivity index (χ3v) is 3.01. The van der Waals surface area contributed by atoms with E-state index in [1.165, 1.54) is 18.2 Å². The quantitative estimate of drug-likeness (QED) is 0.854. The molecule has 0 aliphatic rings. The number of hydrogen-bond donors (Lipinski definition) is 2. The summed E-state index contributed by atoms with van der Waals surface area (Å²) < 4.78 is 39.4. The average Bonchev–Trinajstić information content (AvgIpc) is 2.46. The number of benzene rings is 2. The Morgan fingerprint density at radius 2 is 1.68 bits per heavy atom. The van der Waals surface area contributed by atoms with Crippen LogP contribution in [0.25, 0.3) is 0 Å². The van der Waals surface area contributed by atoms with Gasteiger partial charge in [0, 0.05) is 5.69 Å². The van der Waals surface area contributed by atoms with Crippen molar-refractivity contribution in [3.63, 3.8) is 0 Å². The predicted molar refractivity (Wildman–Crippen MR) is 72.4 cm³/mol. The summed E-state index contributed by atoms with van der Waals surface area (Å²) in [4.78, 5) is 22.9. The van der Waals surface area contributed by atoms with Crippen LogP contribution in [0, 0.1) is 24.4 Å². The third kappa shape index (κ3) is 2.93. The van der Waals surface area contributed by atoms with Crippen LogP contribution in [0.5, 0.6) is 0 Å². The van der Waals surface area contributed by atoms with Crippen LogP contribution in [-0.2, 0) is 0 Å². The fourth-order valence-electron chi connectivity index (χ4n) is 1.83. The van der Waals surface area contributed by atoms with E-state index in [0.29, 0.717) is 11.6 Å². The predicted octanol–water partition coefficient (Wildman–Crippen LogP) is 3.36. The van der Waals surface area contributed by atoms with Crippen LogP contribution in [0.3, 0.4) is 0 Å². The van der Waals surface area contributed by atoms with Gasteiger partial charge in [-0.15, -0.1) is 0 Å². The van der Waals surface area contributed by atoms with Gasteiger partial charge >= 0.3 is 5.97 Å². The van der Waals surface area contributed by atoms with Gasteiger partial charge in [-0.1, -0.05) is 6.07 Å². The van der Waals surface area contributed by atoms with Crippen LogP contribution in [0.4, 0.5) is 18.9 Å². The van der Waals surface area contributed by atoms with Crippen molar-refractivity contribution in [3.05, 3.63) is 64.5 Å². The Labute approximate surface area is 123 Å². The minimum atomic E-state index is -1.75. The summed E-state index contributed by atoms with van der Waals surface area (Å²) in [6, 6.07) is 5.49. The molecule has 0 radical (unpaired) electrons. The van der Waals surface area contributed by atoms with Gasteiger partial charge in [0.2, 0.25) is 0 Å². The summed E-state index contributed by atoms with van der Waals surface area (Å²) in [7, 11) is 0. The first-order valence-electron chi connectivity index (χ1n) is 6.10. The maximum absolute atomic E-state index is 13.5. The molecule has 2 N–H and O–H groups in total. The first kappa shape index (κ1) is 15.6. The molecule has 0 aromatic heterocycles. The molecule has 0 spiro atoms. The molecular weight excluding hydrogens is 299 g/mol. The number of carbonyl (C=O) groups is 2. The van der Waals surface area contributed by atoms with Crippen LogP contribution < -0.4 is 5.32 Å². The number of carbonyl (C=O) groups excluding carboxylic acids is 1. The molecule has 0 heterocycles. The fourth-order valence-corrected chi connectivity index (χ4v) is 1.83. The zero-order valence-electron chi connectivity index (χ0n) is 11.3. The standard InChI is InChI=1S/C15H10F3NO3/c1-7-2-3-8(6-10(7)15(21)22)19-14(20)9-4-5-11(16)13(18)12(9)17/h2-6H,1H3,(H,19,20)(H,21,22). The Bertz CT molecular complexity index is 775. The zero-order valence-corrected chi connectivity index (χ0v) is 11.3. The Morgan fingerprint density at radius 3 is 2.32 bits per heavy atom. The molecule has 0 aliphatic heterocycles. The first-order chi connectivity index (χ1) is 10.3. The minimum Gasteiger partial charge on any atom is -0.478 e. The van der Waals surface area contributed by atoms with Gasteiger partial charge in [-0.05, 0) is 36.8 Å². The van der Waals surface area contributed by atoms with Crippen LogP contribution in [0.1, 0.15) is 26.3 Å². The fraction of sp³-hybridized carbons (Fsp3) is 0.0667. The molecule has 0 atom stereocenters. The average molecular weight is 309 g/mol. The summed E-state index contributed by atoms with van der Waals surface area (Å²) >= 11 is 0. The van der Waals surface area contributed by atoms with Gasteiger partial charge in [-0.2, -0.15) is 0 Å². The molecule has 0 fully saturated rings. The Balaban J connectivity index is 2.32. The van der Waals surface area contributed by atoms with E-state index < -0.39 is 34.9 Å². The third-order valence-electron chi connectivity index (χ3n) is 3.01. The molecule has 0 aliphatic carbocycles. The summed E-state index contributed by atoms with van der Waals surface area (Å²) in [5.41, 5.74) is -0.151. The Kier molecular flexibility index (Phi) is 4.16. The largest absolute Gasteiger partial charge is 0.478 e. The van der Waals surface area contributed by atoms with Crippen molar-refractivity contribution in [1.29, 1.82) is 0 Å². The molecule has 22 heavy (non-hydrogen) atoms. The van der Waals surface area contributed by atoms with Crippen molar-refractivity contribution in [2.45, 2.75) is 6.92 Å². The van der Waals surface area contributed by atoms with Crippen LogP contribution >= 0.6 is 0 Å². The molecule has 2 rings (SSSR count). The van der Waals surface area contributed by atoms with Crippen LogP contribution in [-0.4, -0.2) is 17.0 Å². The monoisotopic (exact) mass is 309 g/mol.